The Bertz CT molecular complexity index is 1100. The van der Waals surface area contributed by atoms with Crippen molar-refractivity contribution in [3.63, 3.8) is 0 Å². The van der Waals surface area contributed by atoms with Gasteiger partial charge in [0.25, 0.3) is 0 Å². The minimum absolute atomic E-state index is 0.216. The van der Waals surface area contributed by atoms with Gasteiger partial charge in [0, 0.05) is 24.4 Å². The number of aromatic hydroxyl groups is 1. The van der Waals surface area contributed by atoms with Gasteiger partial charge in [-0.2, -0.15) is 0 Å². The highest BCUT2D eigenvalue weighted by Crippen LogP contribution is 2.34. The lowest BCUT2D eigenvalue weighted by atomic mass is 10.1. The van der Waals surface area contributed by atoms with E-state index in [1.54, 1.807) is 4.57 Å². The summed E-state index contributed by atoms with van der Waals surface area (Å²) in [6.45, 7) is 2.12. The fraction of sp³-hybridized carbons (Fsp3) is 0.143. The van der Waals surface area contributed by atoms with Gasteiger partial charge in [-0.05, 0) is 30.2 Å². The normalized spacial score (nSPS) is 15.0. The zero-order chi connectivity index (χ0) is 18.1. The van der Waals surface area contributed by atoms with Crippen LogP contribution in [0.5, 0.6) is 5.88 Å². The van der Waals surface area contributed by atoms with Crippen molar-refractivity contribution >= 4 is 40.6 Å². The van der Waals surface area contributed by atoms with Crippen LogP contribution in [0.15, 0.2) is 58.5 Å². The van der Waals surface area contributed by atoms with Crippen LogP contribution in [0.25, 0.3) is 11.6 Å². The topological polar surface area (TPSA) is 49.9 Å². The number of benzene rings is 2. The smallest absolute Gasteiger partial charge is 0.210 e. The number of nitrogens with zero attached hydrogens (tertiary/aromatic N) is 3. The van der Waals surface area contributed by atoms with Crippen LogP contribution in [0.1, 0.15) is 22.9 Å². The minimum atomic E-state index is 0.216. The quantitative estimate of drug-likeness (QED) is 0.713. The van der Waals surface area contributed by atoms with Crippen LogP contribution in [0.2, 0.25) is 0 Å². The summed E-state index contributed by atoms with van der Waals surface area (Å²) >= 11 is 1.47. The molecule has 26 heavy (non-hydrogen) atoms. The molecule has 0 amide bonds. The highest BCUT2D eigenvalue weighted by Gasteiger charge is 2.14. The summed E-state index contributed by atoms with van der Waals surface area (Å²) < 4.78 is 1.72. The van der Waals surface area contributed by atoms with Crippen LogP contribution in [-0.4, -0.2) is 15.9 Å². The van der Waals surface area contributed by atoms with E-state index in [4.69, 9.17) is 4.99 Å². The first-order chi connectivity index (χ1) is 12.7. The number of thiazole rings is 1. The second-order valence-corrected chi connectivity index (χ2v) is 7.11. The molecule has 1 aromatic heterocycles. The molecule has 2 aromatic carbocycles. The summed E-state index contributed by atoms with van der Waals surface area (Å²) in [5.41, 5.74) is 5.17. The van der Waals surface area contributed by atoms with Crippen molar-refractivity contribution in [3.8, 4) is 5.88 Å². The Morgan fingerprint density at radius 2 is 1.92 bits per heavy atom. The van der Waals surface area contributed by atoms with Crippen molar-refractivity contribution in [2.75, 3.05) is 0 Å². The lowest BCUT2D eigenvalue weighted by Crippen LogP contribution is -2.09. The van der Waals surface area contributed by atoms with Gasteiger partial charge in [-0.15, -0.1) is 0 Å². The Morgan fingerprint density at radius 3 is 2.77 bits per heavy atom. The monoisotopic (exact) mass is 361 g/mol. The van der Waals surface area contributed by atoms with Gasteiger partial charge in [0.2, 0.25) is 5.88 Å². The maximum atomic E-state index is 10.6. The zero-order valence-corrected chi connectivity index (χ0v) is 15.5. The van der Waals surface area contributed by atoms with E-state index in [1.165, 1.54) is 16.9 Å². The number of aliphatic imine (C=N–C) groups is 1. The number of aryl methyl sites for hydroxylation is 1. The van der Waals surface area contributed by atoms with Crippen LogP contribution in [0, 0.1) is 0 Å². The van der Waals surface area contributed by atoms with Crippen molar-refractivity contribution in [1.29, 1.82) is 0 Å². The van der Waals surface area contributed by atoms with E-state index in [1.807, 2.05) is 61.8 Å². The molecular weight excluding hydrogens is 342 g/mol. The number of rotatable bonds is 3. The van der Waals surface area contributed by atoms with Crippen LogP contribution >= 0.6 is 11.3 Å². The van der Waals surface area contributed by atoms with Crippen molar-refractivity contribution < 1.29 is 5.11 Å². The Labute approximate surface area is 156 Å². The average molecular weight is 361 g/mol. The second kappa shape index (κ2) is 6.77. The molecule has 1 aliphatic heterocycles. The Hall–Kier alpha value is -2.92. The maximum absolute atomic E-state index is 10.6. The molecule has 1 aliphatic rings. The first kappa shape index (κ1) is 16.5. The van der Waals surface area contributed by atoms with Gasteiger partial charge in [-0.1, -0.05) is 54.7 Å². The summed E-state index contributed by atoms with van der Waals surface area (Å²) in [6.07, 6.45) is 4.73. The predicted molar refractivity (Wildman–Crippen MR) is 108 cm³/mol. The van der Waals surface area contributed by atoms with E-state index in [0.717, 1.165) is 38.6 Å². The molecule has 3 aromatic rings. The van der Waals surface area contributed by atoms with E-state index < -0.39 is 0 Å². The summed E-state index contributed by atoms with van der Waals surface area (Å²) in [5, 5.41) is 10.6. The van der Waals surface area contributed by atoms with Gasteiger partial charge in [-0.25, -0.2) is 4.99 Å². The standard InChI is InChI=1S/C21H19N3OS/c1-3-14-8-4-6-10-17(14)23-21-24(2)20(25)19(26-21)12-15-13-22-18-11-7-5-9-16(15)18/h4-13,25H,3H2,1-2H3/b15-12+,23-21?. The molecule has 0 saturated carbocycles. The molecule has 2 heterocycles. The van der Waals surface area contributed by atoms with Gasteiger partial charge in [0.15, 0.2) is 4.80 Å². The molecule has 0 fully saturated rings. The molecule has 0 spiro atoms. The van der Waals surface area contributed by atoms with Crippen molar-refractivity contribution in [3.05, 3.63) is 69.3 Å². The number of para-hydroxylation sites is 2. The first-order valence-electron chi connectivity index (χ1n) is 8.54. The Balaban J connectivity index is 1.80. The molecule has 0 saturated heterocycles. The molecule has 0 radical (unpaired) electrons. The summed E-state index contributed by atoms with van der Waals surface area (Å²) in [7, 11) is 1.83. The summed E-state index contributed by atoms with van der Waals surface area (Å²) in [4.78, 5) is 10.7. The molecular formula is C21H19N3OS. The fourth-order valence-electron chi connectivity index (χ4n) is 2.98. The van der Waals surface area contributed by atoms with Gasteiger partial charge in [-0.3, -0.25) is 9.56 Å². The van der Waals surface area contributed by atoms with E-state index in [0.29, 0.717) is 0 Å². The van der Waals surface area contributed by atoms with Gasteiger partial charge < -0.3 is 5.11 Å². The van der Waals surface area contributed by atoms with E-state index >= 15 is 0 Å². The molecule has 1 N–H and O–H groups in total. The Kier molecular flexibility index (Phi) is 4.31. The molecule has 4 rings (SSSR count). The Morgan fingerprint density at radius 1 is 1.15 bits per heavy atom. The van der Waals surface area contributed by atoms with Gasteiger partial charge >= 0.3 is 0 Å². The second-order valence-electron chi connectivity index (χ2n) is 6.10. The van der Waals surface area contributed by atoms with Gasteiger partial charge in [0.1, 0.15) is 0 Å². The number of allylic oxidation sites excluding steroid dienone is 1. The number of hydrogen-bond acceptors (Lipinski definition) is 4. The molecule has 4 nitrogen and oxygen atoms in total. The molecule has 0 unspecified atom stereocenters. The van der Waals surface area contributed by atoms with E-state index in [2.05, 4.69) is 18.0 Å². The minimum Gasteiger partial charge on any atom is -0.493 e. The summed E-state index contributed by atoms with van der Waals surface area (Å²) in [6, 6.07) is 16.1. The number of fused-ring (bicyclic) bond motifs is 1. The van der Waals surface area contributed by atoms with Crippen LogP contribution in [0.4, 0.5) is 11.4 Å². The highest BCUT2D eigenvalue weighted by molar-refractivity contribution is 7.10. The van der Waals surface area contributed by atoms with Crippen molar-refractivity contribution in [2.24, 2.45) is 17.0 Å². The zero-order valence-electron chi connectivity index (χ0n) is 14.7. The molecule has 0 atom stereocenters. The third-order valence-electron chi connectivity index (χ3n) is 4.46. The number of hydrogen-bond donors (Lipinski definition) is 1. The largest absolute Gasteiger partial charge is 0.493 e. The van der Waals surface area contributed by atoms with E-state index in [9.17, 15) is 5.11 Å². The van der Waals surface area contributed by atoms with E-state index in [-0.39, 0.29) is 5.88 Å². The van der Waals surface area contributed by atoms with Crippen molar-refractivity contribution in [2.45, 2.75) is 13.3 Å². The maximum Gasteiger partial charge on any atom is 0.210 e. The first-order valence-corrected chi connectivity index (χ1v) is 9.35. The third-order valence-corrected chi connectivity index (χ3v) is 5.53. The SMILES string of the molecule is CCc1ccccc1N=c1sc(/C=C2\C=Nc3ccccc32)c(O)n1C. The summed E-state index contributed by atoms with van der Waals surface area (Å²) in [5.74, 6) is 0.216. The third kappa shape index (κ3) is 2.91. The molecule has 130 valence electrons. The van der Waals surface area contributed by atoms with Crippen LogP contribution in [0.3, 0.4) is 0 Å². The lowest BCUT2D eigenvalue weighted by molar-refractivity contribution is 0.427. The fourth-order valence-corrected chi connectivity index (χ4v) is 3.96. The molecule has 0 aliphatic carbocycles. The molecule has 5 heteroatoms. The van der Waals surface area contributed by atoms with Crippen molar-refractivity contribution in [1.82, 2.24) is 4.57 Å². The van der Waals surface area contributed by atoms with Crippen LogP contribution < -0.4 is 4.80 Å². The lowest BCUT2D eigenvalue weighted by Gasteiger charge is -2.01. The highest BCUT2D eigenvalue weighted by atomic mass is 32.1. The average Bonchev–Trinajstić information content (AvgIpc) is 3.19. The van der Waals surface area contributed by atoms with Crippen LogP contribution in [-0.2, 0) is 13.5 Å². The van der Waals surface area contributed by atoms with Gasteiger partial charge in [0.05, 0.1) is 16.3 Å². The predicted octanol–water partition coefficient (Wildman–Crippen LogP) is 4.84. The molecule has 0 bridgehead atoms. The number of aromatic nitrogens is 1.